The van der Waals surface area contributed by atoms with Gasteiger partial charge in [-0.2, -0.15) is 0 Å². The average molecular weight is 265 g/mol. The van der Waals surface area contributed by atoms with E-state index in [1.54, 1.807) is 6.07 Å². The molecule has 0 saturated heterocycles. The Balaban J connectivity index is 2.86. The summed E-state index contributed by atoms with van der Waals surface area (Å²) in [5.41, 5.74) is 6.19. The lowest BCUT2D eigenvalue weighted by molar-refractivity contribution is -0.919. The number of quaternary nitrogens is 1. The fourth-order valence-corrected chi connectivity index (χ4v) is 2.12. The van der Waals surface area contributed by atoms with Gasteiger partial charge in [-0.15, -0.1) is 0 Å². The summed E-state index contributed by atoms with van der Waals surface area (Å²) in [5.74, 6) is 0.507. The fourth-order valence-electron chi connectivity index (χ4n) is 2.12. The quantitative estimate of drug-likeness (QED) is 0.804. The summed E-state index contributed by atoms with van der Waals surface area (Å²) in [6, 6.07) is 7.92. The molecule has 106 valence electrons. The molecule has 19 heavy (non-hydrogen) atoms. The molecule has 1 unspecified atom stereocenters. The molecule has 1 aromatic rings. The molecule has 0 bridgehead atoms. The molecule has 4 heteroatoms. The van der Waals surface area contributed by atoms with Crippen molar-refractivity contribution in [2.24, 2.45) is 5.73 Å². The number of nitrogens with zero attached hydrogens (tertiary/aromatic N) is 1. The van der Waals surface area contributed by atoms with E-state index in [2.05, 4.69) is 34.0 Å². The van der Waals surface area contributed by atoms with E-state index in [0.29, 0.717) is 11.8 Å². The van der Waals surface area contributed by atoms with Gasteiger partial charge in [-0.1, -0.05) is 25.5 Å². The summed E-state index contributed by atoms with van der Waals surface area (Å²) in [4.78, 5) is 10.8. The van der Waals surface area contributed by atoms with Crippen LogP contribution in [-0.2, 0) is 0 Å². The monoisotopic (exact) mass is 265 g/mol. The molecule has 0 saturated carbocycles. The fraction of sp³-hybridized carbons (Fsp3) is 0.533. The molecule has 1 rings (SSSR count). The number of amides is 1. The van der Waals surface area contributed by atoms with E-state index in [0.717, 1.165) is 16.6 Å². The van der Waals surface area contributed by atoms with Crippen LogP contribution in [0, 0.1) is 0 Å². The van der Waals surface area contributed by atoms with Crippen molar-refractivity contribution in [3.8, 4) is 5.75 Å². The van der Waals surface area contributed by atoms with Gasteiger partial charge in [0.15, 0.2) is 0 Å². The Morgan fingerprint density at radius 3 is 2.68 bits per heavy atom. The first-order valence-corrected chi connectivity index (χ1v) is 6.76. The SMILES string of the molecule is CCCC[N+](C)(C)C(C)c1cccc(OC(N)=O)c1. The highest BCUT2D eigenvalue weighted by Gasteiger charge is 2.25. The third-order valence-electron chi connectivity index (χ3n) is 3.70. The number of benzene rings is 1. The smallest absolute Gasteiger partial charge is 0.409 e. The van der Waals surface area contributed by atoms with Crippen molar-refractivity contribution in [2.45, 2.75) is 32.7 Å². The van der Waals surface area contributed by atoms with Crippen LogP contribution in [0.15, 0.2) is 24.3 Å². The summed E-state index contributed by atoms with van der Waals surface area (Å²) in [5, 5.41) is 0. The molecule has 0 heterocycles. The second-order valence-electron chi connectivity index (χ2n) is 5.53. The number of rotatable bonds is 6. The first-order chi connectivity index (χ1) is 8.86. The van der Waals surface area contributed by atoms with Crippen molar-refractivity contribution in [1.82, 2.24) is 0 Å². The zero-order valence-corrected chi connectivity index (χ0v) is 12.3. The molecule has 0 aliphatic heterocycles. The van der Waals surface area contributed by atoms with E-state index < -0.39 is 6.09 Å². The number of ether oxygens (including phenoxy) is 1. The van der Waals surface area contributed by atoms with E-state index in [9.17, 15) is 4.79 Å². The number of hydrogen-bond donors (Lipinski definition) is 1. The molecule has 1 amide bonds. The topological polar surface area (TPSA) is 52.3 Å². The van der Waals surface area contributed by atoms with Crippen LogP contribution in [0.5, 0.6) is 5.75 Å². The molecule has 0 aliphatic rings. The molecule has 0 radical (unpaired) electrons. The lowest BCUT2D eigenvalue weighted by Crippen LogP contribution is -2.42. The minimum absolute atomic E-state index is 0.336. The van der Waals surface area contributed by atoms with Crippen LogP contribution in [0.2, 0.25) is 0 Å². The first-order valence-electron chi connectivity index (χ1n) is 6.76. The maximum Gasteiger partial charge on any atom is 0.409 e. The van der Waals surface area contributed by atoms with Crippen LogP contribution < -0.4 is 10.5 Å². The molecular formula is C15H25N2O2+. The molecule has 0 fully saturated rings. The first kappa shape index (κ1) is 15.5. The van der Waals surface area contributed by atoms with Gasteiger partial charge in [-0.05, 0) is 25.5 Å². The molecule has 4 nitrogen and oxygen atoms in total. The van der Waals surface area contributed by atoms with Crippen LogP contribution >= 0.6 is 0 Å². The summed E-state index contributed by atoms with van der Waals surface area (Å²) >= 11 is 0. The molecule has 0 spiro atoms. The van der Waals surface area contributed by atoms with Crippen LogP contribution in [0.3, 0.4) is 0 Å². The number of carbonyl (C=O) groups excluding carboxylic acids is 1. The Kier molecular flexibility index (Phi) is 5.36. The van der Waals surface area contributed by atoms with Crippen molar-refractivity contribution in [2.75, 3.05) is 20.6 Å². The lowest BCUT2D eigenvalue weighted by Gasteiger charge is -2.36. The molecule has 0 aromatic heterocycles. The van der Waals surface area contributed by atoms with Crippen LogP contribution in [0.1, 0.15) is 38.3 Å². The van der Waals surface area contributed by atoms with E-state index in [1.165, 1.54) is 12.8 Å². The third kappa shape index (κ3) is 4.56. The minimum Gasteiger partial charge on any atom is -0.410 e. The van der Waals surface area contributed by atoms with Gasteiger partial charge in [0.1, 0.15) is 11.8 Å². The molecular weight excluding hydrogens is 240 g/mol. The van der Waals surface area contributed by atoms with Crippen molar-refractivity contribution in [3.05, 3.63) is 29.8 Å². The predicted octanol–water partition coefficient (Wildman–Crippen LogP) is 3.08. The van der Waals surface area contributed by atoms with Gasteiger partial charge in [-0.3, -0.25) is 0 Å². The Hall–Kier alpha value is -1.55. The second-order valence-corrected chi connectivity index (χ2v) is 5.53. The summed E-state index contributed by atoms with van der Waals surface area (Å²) in [6.45, 7) is 5.52. The summed E-state index contributed by atoms with van der Waals surface area (Å²) < 4.78 is 5.84. The zero-order chi connectivity index (χ0) is 14.5. The van der Waals surface area contributed by atoms with E-state index >= 15 is 0 Å². The Morgan fingerprint density at radius 1 is 1.42 bits per heavy atom. The van der Waals surface area contributed by atoms with Gasteiger partial charge in [-0.25, -0.2) is 4.79 Å². The number of nitrogens with two attached hydrogens (primary N) is 1. The minimum atomic E-state index is -0.774. The van der Waals surface area contributed by atoms with Crippen molar-refractivity contribution < 1.29 is 14.0 Å². The molecule has 1 aromatic carbocycles. The number of primary amides is 1. The summed E-state index contributed by atoms with van der Waals surface area (Å²) in [6.07, 6.45) is 1.62. The summed E-state index contributed by atoms with van der Waals surface area (Å²) in [7, 11) is 4.45. The Labute approximate surface area is 115 Å². The largest absolute Gasteiger partial charge is 0.410 e. The van der Waals surface area contributed by atoms with E-state index in [4.69, 9.17) is 10.5 Å². The average Bonchev–Trinajstić information content (AvgIpc) is 2.35. The standard InChI is InChI=1S/C15H24N2O2/c1-5-6-10-17(3,4)12(2)13-8-7-9-14(11-13)19-15(16)18/h7-9,11-12H,5-6,10H2,1-4H3,(H-,16,18)/p+1. The molecule has 2 N–H and O–H groups in total. The zero-order valence-electron chi connectivity index (χ0n) is 12.3. The molecule has 1 atom stereocenters. The molecule has 0 aliphatic carbocycles. The lowest BCUT2D eigenvalue weighted by atomic mass is 10.0. The van der Waals surface area contributed by atoms with E-state index in [1.807, 2.05) is 12.1 Å². The predicted molar refractivity (Wildman–Crippen MR) is 77.0 cm³/mol. The van der Waals surface area contributed by atoms with Gasteiger partial charge in [0.25, 0.3) is 0 Å². The Morgan fingerprint density at radius 2 is 2.11 bits per heavy atom. The maximum atomic E-state index is 10.8. The van der Waals surface area contributed by atoms with Gasteiger partial charge in [0.2, 0.25) is 0 Å². The van der Waals surface area contributed by atoms with Gasteiger partial charge >= 0.3 is 6.09 Å². The highest BCUT2D eigenvalue weighted by molar-refractivity contribution is 5.68. The second kappa shape index (κ2) is 6.57. The van der Waals surface area contributed by atoms with Crippen molar-refractivity contribution in [1.29, 1.82) is 0 Å². The number of carbonyl (C=O) groups is 1. The maximum absolute atomic E-state index is 10.8. The van der Waals surface area contributed by atoms with E-state index in [-0.39, 0.29) is 0 Å². The normalized spacial score (nSPS) is 13.1. The Bertz CT molecular complexity index is 430. The van der Waals surface area contributed by atoms with Crippen LogP contribution in [0.4, 0.5) is 4.79 Å². The highest BCUT2D eigenvalue weighted by Crippen LogP contribution is 2.27. The number of unbranched alkanes of at least 4 members (excludes halogenated alkanes) is 1. The van der Waals surface area contributed by atoms with Gasteiger partial charge in [0, 0.05) is 5.56 Å². The van der Waals surface area contributed by atoms with Crippen molar-refractivity contribution >= 4 is 6.09 Å². The number of hydrogen-bond acceptors (Lipinski definition) is 2. The van der Waals surface area contributed by atoms with Gasteiger partial charge in [0.05, 0.1) is 20.6 Å². The van der Waals surface area contributed by atoms with Crippen LogP contribution in [0.25, 0.3) is 0 Å². The van der Waals surface area contributed by atoms with Crippen LogP contribution in [-0.4, -0.2) is 31.2 Å². The third-order valence-corrected chi connectivity index (χ3v) is 3.70. The van der Waals surface area contributed by atoms with Gasteiger partial charge < -0.3 is 15.0 Å². The highest BCUT2D eigenvalue weighted by atomic mass is 16.5. The van der Waals surface area contributed by atoms with Crippen molar-refractivity contribution in [3.63, 3.8) is 0 Å².